The molecule has 3 heterocycles. The minimum atomic E-state index is -0.220. The number of nitrogens with zero attached hydrogens (tertiary/aromatic N) is 2. The molecule has 2 amide bonds. The number of likely N-dealkylation sites (tertiary alicyclic amines) is 1. The largest absolute Gasteiger partial charge is 0.444 e. The summed E-state index contributed by atoms with van der Waals surface area (Å²) in [7, 11) is 1.73. The van der Waals surface area contributed by atoms with E-state index in [9.17, 15) is 9.59 Å². The standard InChI is InChI=1S/C30H34N4O4/c1-37-17-26-22-14-15-34(28(22)21-6-2-4-8-24(21)32-26)30(36)23-7-3-5-9-25(23)33-29(35)20-12-10-19(11-13-20)27-16-31-18-38-27/h2,4,6,8,10-13,16,18,22-23,25-26,28,32H,3,5,7,9,14-15,17H2,1H3,(H,33,35)/t22-,23+,25-,26+,28+/m1/s1. The maximum atomic E-state index is 14.1. The van der Waals surface area contributed by atoms with E-state index in [-0.39, 0.29) is 35.9 Å². The molecule has 38 heavy (non-hydrogen) atoms. The molecule has 1 aliphatic carbocycles. The third kappa shape index (κ3) is 4.58. The lowest BCUT2D eigenvalue weighted by Gasteiger charge is -2.41. The topological polar surface area (TPSA) is 96.7 Å². The van der Waals surface area contributed by atoms with Gasteiger partial charge >= 0.3 is 0 Å². The molecule has 6 rings (SSSR count). The van der Waals surface area contributed by atoms with Crippen LogP contribution in [0, 0.1) is 11.8 Å². The second kappa shape index (κ2) is 10.6. The molecule has 0 radical (unpaired) electrons. The average molecular weight is 515 g/mol. The minimum absolute atomic E-state index is 0.0296. The second-order valence-electron chi connectivity index (χ2n) is 10.6. The number of nitrogens with one attached hydrogen (secondary N) is 2. The van der Waals surface area contributed by atoms with Gasteiger partial charge in [0, 0.05) is 42.4 Å². The molecule has 2 fully saturated rings. The van der Waals surface area contributed by atoms with Gasteiger partial charge in [0.2, 0.25) is 5.91 Å². The van der Waals surface area contributed by atoms with Gasteiger partial charge in [-0.1, -0.05) is 43.2 Å². The maximum absolute atomic E-state index is 14.1. The highest BCUT2D eigenvalue weighted by Crippen LogP contribution is 2.47. The molecule has 1 saturated heterocycles. The number of methoxy groups -OCH3 is 1. The van der Waals surface area contributed by atoms with Crippen LogP contribution in [-0.2, 0) is 9.53 Å². The Morgan fingerprint density at radius 1 is 1.11 bits per heavy atom. The summed E-state index contributed by atoms with van der Waals surface area (Å²) in [5.74, 6) is 0.753. The lowest BCUT2D eigenvalue weighted by atomic mass is 9.81. The Morgan fingerprint density at radius 2 is 1.92 bits per heavy atom. The Kier molecular flexibility index (Phi) is 6.89. The predicted molar refractivity (Wildman–Crippen MR) is 143 cm³/mol. The van der Waals surface area contributed by atoms with Crippen molar-refractivity contribution >= 4 is 17.5 Å². The number of carbonyl (C=O) groups is 2. The molecule has 3 aliphatic rings. The average Bonchev–Trinajstić information content (AvgIpc) is 3.65. The third-order valence-corrected chi connectivity index (χ3v) is 8.47. The fourth-order valence-corrected chi connectivity index (χ4v) is 6.63. The molecule has 0 spiro atoms. The van der Waals surface area contributed by atoms with Crippen LogP contribution in [0.25, 0.3) is 11.3 Å². The summed E-state index contributed by atoms with van der Waals surface area (Å²) < 4.78 is 10.9. The first-order chi connectivity index (χ1) is 18.6. The first-order valence-electron chi connectivity index (χ1n) is 13.6. The molecule has 5 atom stereocenters. The van der Waals surface area contributed by atoms with Gasteiger partial charge in [-0.3, -0.25) is 9.59 Å². The van der Waals surface area contributed by atoms with Gasteiger partial charge in [-0.2, -0.15) is 0 Å². The van der Waals surface area contributed by atoms with Gasteiger partial charge in [-0.25, -0.2) is 4.98 Å². The van der Waals surface area contributed by atoms with E-state index in [2.05, 4.69) is 32.7 Å². The number of ether oxygens (including phenoxy) is 1. The first-order valence-corrected chi connectivity index (χ1v) is 13.6. The smallest absolute Gasteiger partial charge is 0.251 e. The number of hydrogen-bond donors (Lipinski definition) is 2. The van der Waals surface area contributed by atoms with Crippen LogP contribution in [-0.4, -0.2) is 54.0 Å². The van der Waals surface area contributed by atoms with Crippen LogP contribution in [0.5, 0.6) is 0 Å². The molecule has 198 valence electrons. The Hall–Kier alpha value is -3.65. The zero-order valence-corrected chi connectivity index (χ0v) is 21.6. The van der Waals surface area contributed by atoms with Gasteiger partial charge in [-0.05, 0) is 43.0 Å². The van der Waals surface area contributed by atoms with E-state index in [1.165, 1.54) is 12.0 Å². The molecular formula is C30H34N4O4. The number of para-hydroxylation sites is 1. The zero-order chi connectivity index (χ0) is 26.1. The summed E-state index contributed by atoms with van der Waals surface area (Å²) in [5.41, 5.74) is 3.69. The van der Waals surface area contributed by atoms with Crippen LogP contribution in [0.4, 0.5) is 5.69 Å². The zero-order valence-electron chi connectivity index (χ0n) is 21.6. The Balaban J connectivity index is 1.20. The molecular weight excluding hydrogens is 480 g/mol. The SMILES string of the molecule is COC[C@@H]1Nc2ccccc2[C@H]2[C@@H]1CCN2C(=O)[C@H]1CCCC[C@H]1NC(=O)c1ccc(-c2cnco2)cc1. The van der Waals surface area contributed by atoms with Crippen LogP contribution in [0.3, 0.4) is 0 Å². The molecule has 2 N–H and O–H groups in total. The van der Waals surface area contributed by atoms with Crippen molar-refractivity contribution in [3.05, 3.63) is 72.2 Å². The van der Waals surface area contributed by atoms with Crippen LogP contribution in [0.1, 0.15) is 54.1 Å². The molecule has 1 saturated carbocycles. The summed E-state index contributed by atoms with van der Waals surface area (Å²) in [6.45, 7) is 1.33. The molecule has 8 heteroatoms. The Bertz CT molecular complexity index is 1280. The number of benzene rings is 2. The van der Waals surface area contributed by atoms with E-state index < -0.39 is 0 Å². The monoisotopic (exact) mass is 514 g/mol. The summed E-state index contributed by atoms with van der Waals surface area (Å²) in [4.78, 5) is 33.4. The van der Waals surface area contributed by atoms with E-state index in [4.69, 9.17) is 9.15 Å². The van der Waals surface area contributed by atoms with Crippen molar-refractivity contribution in [2.75, 3.05) is 25.6 Å². The molecule has 2 aliphatic heterocycles. The number of aromatic nitrogens is 1. The fourth-order valence-electron chi connectivity index (χ4n) is 6.63. The molecule has 1 aromatic heterocycles. The van der Waals surface area contributed by atoms with Crippen molar-refractivity contribution in [2.24, 2.45) is 11.8 Å². The van der Waals surface area contributed by atoms with Gasteiger partial charge in [0.25, 0.3) is 5.91 Å². The number of hydrogen-bond acceptors (Lipinski definition) is 6. The molecule has 0 bridgehead atoms. The lowest BCUT2D eigenvalue weighted by Crippen LogP contribution is -2.50. The third-order valence-electron chi connectivity index (χ3n) is 8.47. The predicted octanol–water partition coefficient (Wildman–Crippen LogP) is 4.66. The quantitative estimate of drug-likeness (QED) is 0.497. The summed E-state index contributed by atoms with van der Waals surface area (Å²) in [5, 5.41) is 6.85. The van der Waals surface area contributed by atoms with E-state index in [1.54, 1.807) is 25.4 Å². The van der Waals surface area contributed by atoms with E-state index in [0.29, 0.717) is 23.8 Å². The van der Waals surface area contributed by atoms with Gasteiger partial charge in [0.05, 0.1) is 30.8 Å². The number of oxazole rings is 1. The van der Waals surface area contributed by atoms with Crippen LogP contribution in [0.15, 0.2) is 65.5 Å². The van der Waals surface area contributed by atoms with Gasteiger partial charge in [0.1, 0.15) is 0 Å². The maximum Gasteiger partial charge on any atom is 0.251 e. The molecule has 2 aromatic carbocycles. The molecule has 0 unspecified atom stereocenters. The number of carbonyl (C=O) groups excluding carboxylic acids is 2. The lowest BCUT2D eigenvalue weighted by molar-refractivity contribution is -0.139. The fraction of sp³-hybridized carbons (Fsp3) is 0.433. The van der Waals surface area contributed by atoms with Crippen LogP contribution < -0.4 is 10.6 Å². The van der Waals surface area contributed by atoms with Crippen molar-refractivity contribution in [1.82, 2.24) is 15.2 Å². The number of rotatable bonds is 6. The van der Waals surface area contributed by atoms with Crippen LogP contribution in [0.2, 0.25) is 0 Å². The number of anilines is 1. The first kappa shape index (κ1) is 24.7. The second-order valence-corrected chi connectivity index (χ2v) is 10.6. The highest BCUT2D eigenvalue weighted by atomic mass is 16.5. The summed E-state index contributed by atoms with van der Waals surface area (Å²) in [6.07, 6.45) is 7.59. The van der Waals surface area contributed by atoms with E-state index in [0.717, 1.165) is 49.9 Å². The Labute approximate surface area is 222 Å². The van der Waals surface area contributed by atoms with E-state index in [1.807, 2.05) is 24.3 Å². The highest BCUT2D eigenvalue weighted by Gasteiger charge is 2.48. The van der Waals surface area contributed by atoms with Crippen molar-refractivity contribution < 1.29 is 18.7 Å². The molecule has 3 aromatic rings. The van der Waals surface area contributed by atoms with Crippen molar-refractivity contribution in [1.29, 1.82) is 0 Å². The number of fused-ring (bicyclic) bond motifs is 3. The minimum Gasteiger partial charge on any atom is -0.444 e. The highest BCUT2D eigenvalue weighted by molar-refractivity contribution is 5.95. The normalized spacial score (nSPS) is 26.2. The van der Waals surface area contributed by atoms with Crippen LogP contribution >= 0.6 is 0 Å². The summed E-state index contributed by atoms with van der Waals surface area (Å²) in [6, 6.07) is 15.6. The van der Waals surface area contributed by atoms with Crippen molar-refractivity contribution in [3.63, 3.8) is 0 Å². The van der Waals surface area contributed by atoms with E-state index >= 15 is 0 Å². The van der Waals surface area contributed by atoms with Gasteiger partial charge < -0.3 is 24.7 Å². The van der Waals surface area contributed by atoms with Gasteiger partial charge in [-0.15, -0.1) is 0 Å². The summed E-state index contributed by atoms with van der Waals surface area (Å²) >= 11 is 0. The van der Waals surface area contributed by atoms with Crippen molar-refractivity contribution in [3.8, 4) is 11.3 Å². The number of amides is 2. The molecule has 8 nitrogen and oxygen atoms in total. The van der Waals surface area contributed by atoms with Crippen molar-refractivity contribution in [2.45, 2.75) is 50.2 Å². The Morgan fingerprint density at radius 3 is 2.71 bits per heavy atom. The van der Waals surface area contributed by atoms with Gasteiger partial charge in [0.15, 0.2) is 12.2 Å².